The van der Waals surface area contributed by atoms with Gasteiger partial charge >= 0.3 is 0 Å². The van der Waals surface area contributed by atoms with Crippen LogP contribution in [0.4, 0.5) is 0 Å². The summed E-state index contributed by atoms with van der Waals surface area (Å²) in [6.07, 6.45) is 1.97. The van der Waals surface area contributed by atoms with E-state index in [1.807, 2.05) is 0 Å². The zero-order chi connectivity index (χ0) is 12.9. The number of rotatable bonds is 6. The lowest BCUT2D eigenvalue weighted by atomic mass is 10.2. The van der Waals surface area contributed by atoms with Crippen molar-refractivity contribution < 1.29 is 17.7 Å². The number of halogens is 1. The first-order valence-electron chi connectivity index (χ1n) is 5.22. The van der Waals surface area contributed by atoms with Crippen molar-refractivity contribution in [1.82, 2.24) is 0 Å². The predicted octanol–water partition coefficient (Wildman–Crippen LogP) is 2.80. The molecule has 0 heterocycles. The number of hydrogen-bond donors (Lipinski definition) is 1. The number of unbranched alkanes of at least 4 members (excludes halogenated alkanes) is 1. The molecular formula is C11H15BrO4S. The normalized spacial score (nSPS) is 11.5. The second-order valence-electron chi connectivity index (χ2n) is 3.65. The molecule has 1 aromatic rings. The maximum atomic E-state index is 10.9. The summed E-state index contributed by atoms with van der Waals surface area (Å²) >= 11 is 3.33. The molecule has 17 heavy (non-hydrogen) atoms. The fraction of sp³-hybridized carbons (Fsp3) is 0.455. The van der Waals surface area contributed by atoms with Gasteiger partial charge in [0, 0.05) is 5.33 Å². The lowest BCUT2D eigenvalue weighted by Crippen LogP contribution is -2.02. The molecule has 0 amide bonds. The average molecular weight is 323 g/mol. The van der Waals surface area contributed by atoms with Crippen LogP contribution in [-0.2, 0) is 10.1 Å². The second-order valence-corrected chi connectivity index (χ2v) is 5.86. The predicted molar refractivity (Wildman–Crippen MR) is 69.5 cm³/mol. The summed E-state index contributed by atoms with van der Waals surface area (Å²) in [6, 6.07) is 4.30. The first-order valence-corrected chi connectivity index (χ1v) is 7.78. The first kappa shape index (κ1) is 14.5. The van der Waals surface area contributed by atoms with E-state index in [-0.39, 0.29) is 4.90 Å². The van der Waals surface area contributed by atoms with Crippen LogP contribution in [0.1, 0.15) is 18.4 Å². The summed E-state index contributed by atoms with van der Waals surface area (Å²) < 4.78 is 36.2. The monoisotopic (exact) mass is 322 g/mol. The number of benzene rings is 1. The van der Waals surface area contributed by atoms with E-state index in [0.717, 1.165) is 18.2 Å². The molecule has 6 heteroatoms. The molecule has 0 atom stereocenters. The van der Waals surface area contributed by atoms with Crippen LogP contribution in [0.2, 0.25) is 0 Å². The van der Waals surface area contributed by atoms with Gasteiger partial charge in [0.15, 0.2) is 0 Å². The van der Waals surface area contributed by atoms with Crippen LogP contribution in [-0.4, -0.2) is 24.9 Å². The maximum Gasteiger partial charge on any atom is 0.294 e. The van der Waals surface area contributed by atoms with Crippen molar-refractivity contribution in [3.63, 3.8) is 0 Å². The smallest absolute Gasteiger partial charge is 0.294 e. The van der Waals surface area contributed by atoms with Gasteiger partial charge in [-0.25, -0.2) is 0 Å². The summed E-state index contributed by atoms with van der Waals surface area (Å²) in [5.74, 6) is 0.645. The van der Waals surface area contributed by atoms with Crippen molar-refractivity contribution in [1.29, 1.82) is 0 Å². The zero-order valence-corrected chi connectivity index (χ0v) is 11.9. The van der Waals surface area contributed by atoms with Gasteiger partial charge in [-0.1, -0.05) is 15.9 Å². The van der Waals surface area contributed by atoms with Crippen LogP contribution in [0.3, 0.4) is 0 Å². The summed E-state index contributed by atoms with van der Waals surface area (Å²) in [6.45, 7) is 2.34. The van der Waals surface area contributed by atoms with Crippen LogP contribution in [0.5, 0.6) is 5.75 Å². The fourth-order valence-electron chi connectivity index (χ4n) is 1.32. The summed E-state index contributed by atoms with van der Waals surface area (Å²) in [7, 11) is -4.13. The third kappa shape index (κ3) is 4.65. The van der Waals surface area contributed by atoms with Gasteiger partial charge in [0.05, 0.1) is 11.5 Å². The average Bonchev–Trinajstić information content (AvgIpc) is 2.24. The standard InChI is InChI=1S/C11H15BrO4S/c1-9-8-10(17(13,14)15)4-5-11(9)16-7-3-2-6-12/h4-5,8H,2-3,6-7H2,1H3,(H,13,14,15). The van der Waals surface area contributed by atoms with Crippen molar-refractivity contribution in [3.8, 4) is 5.75 Å². The van der Waals surface area contributed by atoms with E-state index in [1.54, 1.807) is 13.0 Å². The third-order valence-electron chi connectivity index (χ3n) is 2.23. The molecule has 0 bridgehead atoms. The third-order valence-corrected chi connectivity index (χ3v) is 3.64. The van der Waals surface area contributed by atoms with Gasteiger partial charge in [0.1, 0.15) is 5.75 Å². The highest BCUT2D eigenvalue weighted by Gasteiger charge is 2.11. The minimum atomic E-state index is -4.13. The van der Waals surface area contributed by atoms with Crippen LogP contribution >= 0.6 is 15.9 Å². The van der Waals surface area contributed by atoms with Gasteiger partial charge in [-0.15, -0.1) is 0 Å². The van der Waals surface area contributed by atoms with Crippen molar-refractivity contribution in [2.45, 2.75) is 24.7 Å². The number of hydrogen-bond acceptors (Lipinski definition) is 3. The lowest BCUT2D eigenvalue weighted by Gasteiger charge is -2.09. The van der Waals surface area contributed by atoms with E-state index in [1.165, 1.54) is 12.1 Å². The molecule has 0 fully saturated rings. The Morgan fingerprint density at radius 1 is 1.35 bits per heavy atom. The molecule has 0 aliphatic rings. The maximum absolute atomic E-state index is 10.9. The van der Waals surface area contributed by atoms with Crippen molar-refractivity contribution >= 4 is 26.0 Å². The van der Waals surface area contributed by atoms with Crippen molar-refractivity contribution in [3.05, 3.63) is 23.8 Å². The summed E-state index contributed by atoms with van der Waals surface area (Å²) in [4.78, 5) is -0.109. The van der Waals surface area contributed by atoms with Crippen LogP contribution < -0.4 is 4.74 Å². The Labute approximate surface area is 110 Å². The molecule has 0 aliphatic carbocycles. The molecule has 1 N–H and O–H groups in total. The van der Waals surface area contributed by atoms with E-state index in [9.17, 15) is 8.42 Å². The molecule has 0 spiro atoms. The van der Waals surface area contributed by atoms with Gasteiger partial charge in [-0.2, -0.15) is 8.42 Å². The van der Waals surface area contributed by atoms with Gasteiger partial charge in [0.25, 0.3) is 10.1 Å². The SMILES string of the molecule is Cc1cc(S(=O)(=O)O)ccc1OCCCCBr. The molecule has 1 aromatic carbocycles. The Hall–Kier alpha value is -0.590. The zero-order valence-electron chi connectivity index (χ0n) is 9.52. The molecule has 0 aromatic heterocycles. The molecule has 1 rings (SSSR count). The van der Waals surface area contributed by atoms with Gasteiger partial charge in [-0.3, -0.25) is 4.55 Å². The van der Waals surface area contributed by atoms with E-state index < -0.39 is 10.1 Å². The van der Waals surface area contributed by atoms with Gasteiger partial charge in [-0.05, 0) is 43.5 Å². The molecule has 0 aliphatic heterocycles. The Bertz CT molecular complexity index is 470. The molecule has 0 radical (unpaired) electrons. The summed E-state index contributed by atoms with van der Waals surface area (Å²) in [5, 5.41) is 0.942. The van der Waals surface area contributed by atoms with E-state index in [4.69, 9.17) is 9.29 Å². The van der Waals surface area contributed by atoms with E-state index >= 15 is 0 Å². The summed E-state index contributed by atoms with van der Waals surface area (Å²) in [5.41, 5.74) is 0.693. The Balaban J connectivity index is 2.70. The molecule has 0 unspecified atom stereocenters. The number of aryl methyl sites for hydroxylation is 1. The number of ether oxygens (including phenoxy) is 1. The lowest BCUT2D eigenvalue weighted by molar-refractivity contribution is 0.307. The molecule has 0 saturated carbocycles. The molecule has 0 saturated heterocycles. The van der Waals surface area contributed by atoms with Crippen LogP contribution in [0.15, 0.2) is 23.1 Å². The molecule has 4 nitrogen and oxygen atoms in total. The highest BCUT2D eigenvalue weighted by Crippen LogP contribution is 2.21. The fourth-order valence-corrected chi connectivity index (χ4v) is 2.29. The Morgan fingerprint density at radius 3 is 2.59 bits per heavy atom. The first-order chi connectivity index (χ1) is 7.95. The quantitative estimate of drug-likeness (QED) is 0.497. The minimum absolute atomic E-state index is 0.109. The molecule has 96 valence electrons. The van der Waals surface area contributed by atoms with E-state index in [0.29, 0.717) is 17.9 Å². The molecular weight excluding hydrogens is 308 g/mol. The second kappa shape index (κ2) is 6.37. The van der Waals surface area contributed by atoms with Gasteiger partial charge in [0.2, 0.25) is 0 Å². The Morgan fingerprint density at radius 2 is 2.06 bits per heavy atom. The van der Waals surface area contributed by atoms with Crippen molar-refractivity contribution in [2.75, 3.05) is 11.9 Å². The van der Waals surface area contributed by atoms with Crippen LogP contribution in [0, 0.1) is 6.92 Å². The highest BCUT2D eigenvalue weighted by atomic mass is 79.9. The van der Waals surface area contributed by atoms with Gasteiger partial charge < -0.3 is 4.74 Å². The Kier molecular flexibility index (Phi) is 5.42. The minimum Gasteiger partial charge on any atom is -0.493 e. The largest absolute Gasteiger partial charge is 0.493 e. The van der Waals surface area contributed by atoms with E-state index in [2.05, 4.69) is 15.9 Å². The highest BCUT2D eigenvalue weighted by molar-refractivity contribution is 9.09. The van der Waals surface area contributed by atoms with Crippen LogP contribution in [0.25, 0.3) is 0 Å². The topological polar surface area (TPSA) is 63.6 Å². The van der Waals surface area contributed by atoms with Crippen molar-refractivity contribution in [2.24, 2.45) is 0 Å². The number of alkyl halides is 1.